The molecule has 0 radical (unpaired) electrons. The van der Waals surface area contributed by atoms with Gasteiger partial charge >= 0.3 is 0 Å². The fourth-order valence-corrected chi connectivity index (χ4v) is 2.66. The van der Waals surface area contributed by atoms with Crippen LogP contribution >= 0.6 is 11.6 Å². The van der Waals surface area contributed by atoms with Crippen molar-refractivity contribution in [3.05, 3.63) is 16.4 Å². The average Bonchev–Trinajstić information content (AvgIpc) is 2.57. The molecule has 1 fully saturated rings. The molecule has 1 aromatic rings. The first-order valence-corrected chi connectivity index (χ1v) is 6.44. The molecule has 1 atom stereocenters. The first-order chi connectivity index (χ1) is 8.06. The quantitative estimate of drug-likeness (QED) is 0.898. The maximum absolute atomic E-state index is 10.4. The smallest absolute Gasteiger partial charge is 0.0936 e. The zero-order valence-electron chi connectivity index (χ0n) is 10.4. The second kappa shape index (κ2) is 4.96. The van der Waals surface area contributed by atoms with Crippen molar-refractivity contribution < 1.29 is 9.84 Å². The molecule has 96 valence electrons. The Kier molecular flexibility index (Phi) is 3.76. The molecular formula is C12H19ClN2O2. The normalized spacial score (nSPS) is 25.2. The van der Waals surface area contributed by atoms with Crippen molar-refractivity contribution in [2.75, 3.05) is 13.2 Å². The van der Waals surface area contributed by atoms with Gasteiger partial charge in [-0.05, 0) is 19.3 Å². The van der Waals surface area contributed by atoms with Crippen LogP contribution in [0.15, 0.2) is 0 Å². The van der Waals surface area contributed by atoms with Crippen LogP contribution in [0.5, 0.6) is 0 Å². The van der Waals surface area contributed by atoms with Crippen LogP contribution in [-0.2, 0) is 24.6 Å². The molecule has 1 unspecified atom stereocenters. The van der Waals surface area contributed by atoms with E-state index in [1.807, 2.05) is 14.0 Å². The van der Waals surface area contributed by atoms with Crippen LogP contribution in [0.25, 0.3) is 0 Å². The second-order valence-electron chi connectivity index (χ2n) is 4.74. The van der Waals surface area contributed by atoms with Crippen LogP contribution in [-0.4, -0.2) is 33.7 Å². The minimum Gasteiger partial charge on any atom is -0.387 e. The third kappa shape index (κ3) is 2.64. The summed E-state index contributed by atoms with van der Waals surface area (Å²) >= 11 is 6.28. The lowest BCUT2D eigenvalue weighted by Gasteiger charge is -2.31. The topological polar surface area (TPSA) is 47.3 Å². The fourth-order valence-electron chi connectivity index (χ4n) is 2.30. The van der Waals surface area contributed by atoms with Crippen LogP contribution in [0.3, 0.4) is 0 Å². The number of rotatable bonds is 3. The minimum atomic E-state index is -0.791. The number of aliphatic hydroxyl groups is 1. The summed E-state index contributed by atoms with van der Waals surface area (Å²) in [5, 5.41) is 15.5. The van der Waals surface area contributed by atoms with Crippen molar-refractivity contribution in [2.24, 2.45) is 7.05 Å². The molecule has 1 aliphatic heterocycles. The maximum Gasteiger partial charge on any atom is 0.0936 e. The fraction of sp³-hybridized carbons (Fsp3) is 0.750. The van der Waals surface area contributed by atoms with E-state index in [0.717, 1.165) is 37.3 Å². The molecule has 1 aromatic heterocycles. The van der Waals surface area contributed by atoms with Gasteiger partial charge in [-0.15, -0.1) is 0 Å². The molecule has 0 aliphatic carbocycles. The molecule has 0 aromatic carbocycles. The van der Waals surface area contributed by atoms with Gasteiger partial charge in [0.2, 0.25) is 0 Å². The zero-order valence-corrected chi connectivity index (χ0v) is 11.1. The van der Waals surface area contributed by atoms with Gasteiger partial charge in [-0.2, -0.15) is 5.10 Å². The van der Waals surface area contributed by atoms with E-state index < -0.39 is 5.60 Å². The number of hydrogen-bond acceptors (Lipinski definition) is 3. The molecule has 0 spiro atoms. The maximum atomic E-state index is 10.4. The van der Waals surface area contributed by atoms with Gasteiger partial charge in [-0.3, -0.25) is 4.68 Å². The third-order valence-corrected chi connectivity index (χ3v) is 3.74. The monoisotopic (exact) mass is 258 g/mol. The predicted octanol–water partition coefficient (Wildman–Crippen LogP) is 1.72. The number of halogens is 1. The summed E-state index contributed by atoms with van der Waals surface area (Å²) < 4.78 is 7.12. The van der Waals surface area contributed by atoms with Crippen molar-refractivity contribution in [3.8, 4) is 0 Å². The Labute approximate surface area is 107 Å². The van der Waals surface area contributed by atoms with Gasteiger partial charge in [0.15, 0.2) is 0 Å². The summed E-state index contributed by atoms with van der Waals surface area (Å²) in [6.07, 6.45) is 2.97. The molecule has 4 nitrogen and oxygen atoms in total. The van der Waals surface area contributed by atoms with Gasteiger partial charge in [0.05, 0.1) is 28.6 Å². The molecule has 17 heavy (non-hydrogen) atoms. The number of nitrogens with zero attached hydrogens (tertiary/aromatic N) is 2. The standard InChI is InChI=1S/C12H19ClN2O2/c1-3-9-11(13)10(15(2)14-9)7-12(16)5-4-6-17-8-12/h16H,3-8H2,1-2H3. The predicted molar refractivity (Wildman–Crippen MR) is 66.3 cm³/mol. The summed E-state index contributed by atoms with van der Waals surface area (Å²) in [6, 6.07) is 0. The highest BCUT2D eigenvalue weighted by Crippen LogP contribution is 2.28. The summed E-state index contributed by atoms with van der Waals surface area (Å²) in [5.74, 6) is 0. The number of aromatic nitrogens is 2. The first-order valence-electron chi connectivity index (χ1n) is 6.06. The van der Waals surface area contributed by atoms with E-state index in [1.165, 1.54) is 0 Å². The summed E-state index contributed by atoms with van der Waals surface area (Å²) in [6.45, 7) is 3.15. The van der Waals surface area contributed by atoms with E-state index in [1.54, 1.807) is 4.68 Å². The van der Waals surface area contributed by atoms with Crippen molar-refractivity contribution in [2.45, 2.75) is 38.2 Å². The Bertz CT molecular complexity index is 397. The largest absolute Gasteiger partial charge is 0.387 e. The molecule has 1 N–H and O–H groups in total. The Morgan fingerprint density at radius 2 is 2.35 bits per heavy atom. The van der Waals surface area contributed by atoms with Gasteiger partial charge in [0.25, 0.3) is 0 Å². The van der Waals surface area contributed by atoms with Gasteiger partial charge < -0.3 is 9.84 Å². The molecular weight excluding hydrogens is 240 g/mol. The lowest BCUT2D eigenvalue weighted by Crippen LogP contribution is -2.41. The van der Waals surface area contributed by atoms with Crippen LogP contribution < -0.4 is 0 Å². The molecule has 1 aliphatic rings. The molecule has 1 saturated heterocycles. The van der Waals surface area contributed by atoms with Crippen LogP contribution in [0.2, 0.25) is 5.02 Å². The van der Waals surface area contributed by atoms with Crippen LogP contribution in [0, 0.1) is 0 Å². The Morgan fingerprint density at radius 3 is 2.88 bits per heavy atom. The lowest BCUT2D eigenvalue weighted by molar-refractivity contribution is -0.0853. The highest BCUT2D eigenvalue weighted by Gasteiger charge is 2.32. The summed E-state index contributed by atoms with van der Waals surface area (Å²) in [4.78, 5) is 0. The van der Waals surface area contributed by atoms with Gasteiger partial charge in [-0.25, -0.2) is 0 Å². The average molecular weight is 259 g/mol. The molecule has 0 saturated carbocycles. The SMILES string of the molecule is CCc1nn(C)c(CC2(O)CCCOC2)c1Cl. The van der Waals surface area contributed by atoms with E-state index >= 15 is 0 Å². The Balaban J connectivity index is 2.20. The Hall–Kier alpha value is -0.580. The van der Waals surface area contributed by atoms with Gasteiger partial charge in [0.1, 0.15) is 0 Å². The van der Waals surface area contributed by atoms with Crippen molar-refractivity contribution in [1.29, 1.82) is 0 Å². The highest BCUT2D eigenvalue weighted by molar-refractivity contribution is 6.31. The molecule has 2 rings (SSSR count). The number of aryl methyl sites for hydroxylation is 2. The molecule has 5 heteroatoms. The van der Waals surface area contributed by atoms with Gasteiger partial charge in [0, 0.05) is 20.1 Å². The number of ether oxygens (including phenoxy) is 1. The lowest BCUT2D eigenvalue weighted by atomic mass is 9.91. The van der Waals surface area contributed by atoms with Crippen molar-refractivity contribution >= 4 is 11.6 Å². The first kappa shape index (κ1) is 12.9. The van der Waals surface area contributed by atoms with E-state index in [0.29, 0.717) is 18.1 Å². The summed E-state index contributed by atoms with van der Waals surface area (Å²) in [7, 11) is 1.87. The molecule has 0 amide bonds. The van der Waals surface area contributed by atoms with E-state index in [2.05, 4.69) is 5.10 Å². The van der Waals surface area contributed by atoms with Gasteiger partial charge in [-0.1, -0.05) is 18.5 Å². The van der Waals surface area contributed by atoms with E-state index in [4.69, 9.17) is 16.3 Å². The van der Waals surface area contributed by atoms with E-state index in [9.17, 15) is 5.11 Å². The van der Waals surface area contributed by atoms with E-state index in [-0.39, 0.29) is 0 Å². The number of hydrogen-bond donors (Lipinski definition) is 1. The zero-order chi connectivity index (χ0) is 12.5. The second-order valence-corrected chi connectivity index (χ2v) is 5.12. The third-order valence-electron chi connectivity index (χ3n) is 3.30. The van der Waals surface area contributed by atoms with Crippen molar-refractivity contribution in [1.82, 2.24) is 9.78 Å². The Morgan fingerprint density at radius 1 is 1.59 bits per heavy atom. The minimum absolute atomic E-state index is 0.385. The highest BCUT2D eigenvalue weighted by atomic mass is 35.5. The van der Waals surface area contributed by atoms with Crippen molar-refractivity contribution in [3.63, 3.8) is 0 Å². The van der Waals surface area contributed by atoms with Crippen LogP contribution in [0.4, 0.5) is 0 Å². The van der Waals surface area contributed by atoms with Crippen LogP contribution in [0.1, 0.15) is 31.2 Å². The summed E-state index contributed by atoms with van der Waals surface area (Å²) in [5.41, 5.74) is 1.00. The molecule has 2 heterocycles. The molecule has 0 bridgehead atoms.